The highest BCUT2D eigenvalue weighted by molar-refractivity contribution is 7.91. The molecule has 2 aliphatic rings. The van der Waals surface area contributed by atoms with Gasteiger partial charge in [-0.3, -0.25) is 0 Å². The molecule has 5 nitrogen and oxygen atoms in total. The molecular formula is C13H19NO4S2. The summed E-state index contributed by atoms with van der Waals surface area (Å²) in [7, 11) is -3.42. The smallest absolute Gasteiger partial charge is 0.252 e. The first kappa shape index (κ1) is 14.5. The highest BCUT2D eigenvalue weighted by Gasteiger charge is 2.42. The molecule has 1 aromatic rings. The van der Waals surface area contributed by atoms with Gasteiger partial charge < -0.3 is 9.84 Å². The molecule has 0 radical (unpaired) electrons. The monoisotopic (exact) mass is 317 g/mol. The number of nitrogens with zero attached hydrogens (tertiary/aromatic N) is 1. The Kier molecular flexibility index (Phi) is 4.14. The number of thiophene rings is 1. The molecule has 1 aliphatic carbocycles. The molecule has 3 rings (SSSR count). The van der Waals surface area contributed by atoms with Gasteiger partial charge in [-0.1, -0.05) is 0 Å². The average molecular weight is 317 g/mol. The van der Waals surface area contributed by atoms with E-state index in [0.29, 0.717) is 23.8 Å². The molecule has 2 heterocycles. The topological polar surface area (TPSA) is 66.8 Å². The van der Waals surface area contributed by atoms with E-state index in [4.69, 9.17) is 9.84 Å². The SMILES string of the molecule is O=S(=O)(c1ccc(CCO)s1)N1CCOC2CCCC21. The third kappa shape index (κ3) is 2.53. The lowest BCUT2D eigenvalue weighted by molar-refractivity contribution is -0.0241. The van der Waals surface area contributed by atoms with Crippen molar-refractivity contribution in [2.75, 3.05) is 19.8 Å². The predicted octanol–water partition coefficient (Wildman–Crippen LogP) is 1.22. The van der Waals surface area contributed by atoms with E-state index in [9.17, 15) is 8.42 Å². The van der Waals surface area contributed by atoms with Gasteiger partial charge >= 0.3 is 0 Å². The van der Waals surface area contributed by atoms with Crippen LogP contribution in [0, 0.1) is 0 Å². The Morgan fingerprint density at radius 3 is 3.05 bits per heavy atom. The second-order valence-corrected chi connectivity index (χ2v) is 8.50. The zero-order chi connectivity index (χ0) is 14.2. The van der Waals surface area contributed by atoms with E-state index < -0.39 is 10.0 Å². The van der Waals surface area contributed by atoms with Crippen molar-refractivity contribution in [1.29, 1.82) is 0 Å². The van der Waals surface area contributed by atoms with Crippen LogP contribution in [0.4, 0.5) is 0 Å². The van der Waals surface area contributed by atoms with Gasteiger partial charge in [0.2, 0.25) is 0 Å². The van der Waals surface area contributed by atoms with E-state index in [2.05, 4.69) is 0 Å². The molecule has 0 bridgehead atoms. The number of rotatable bonds is 4. The molecule has 1 saturated carbocycles. The number of aliphatic hydroxyl groups excluding tert-OH is 1. The quantitative estimate of drug-likeness (QED) is 0.907. The summed E-state index contributed by atoms with van der Waals surface area (Å²) in [5, 5.41) is 8.93. The maximum absolute atomic E-state index is 12.8. The standard InChI is InChI=1S/C13H19NO4S2/c15-8-6-10-4-5-13(19-10)20(16,17)14-7-9-18-12-3-1-2-11(12)14/h4-5,11-12,15H,1-3,6-9H2. The lowest BCUT2D eigenvalue weighted by atomic mass is 10.2. The molecular weight excluding hydrogens is 298 g/mol. The van der Waals surface area contributed by atoms with Crippen molar-refractivity contribution in [2.45, 2.75) is 42.0 Å². The Morgan fingerprint density at radius 2 is 2.25 bits per heavy atom. The van der Waals surface area contributed by atoms with Crippen LogP contribution >= 0.6 is 11.3 Å². The minimum Gasteiger partial charge on any atom is -0.396 e. The number of ether oxygens (including phenoxy) is 1. The van der Waals surface area contributed by atoms with E-state index in [1.165, 1.54) is 11.3 Å². The van der Waals surface area contributed by atoms with E-state index >= 15 is 0 Å². The van der Waals surface area contributed by atoms with Crippen LogP contribution in [0.1, 0.15) is 24.1 Å². The number of sulfonamides is 1. The Morgan fingerprint density at radius 1 is 1.40 bits per heavy atom. The van der Waals surface area contributed by atoms with Gasteiger partial charge in [0.15, 0.2) is 0 Å². The first-order chi connectivity index (χ1) is 9.63. The summed E-state index contributed by atoms with van der Waals surface area (Å²) in [4.78, 5) is 0.905. The Balaban J connectivity index is 1.86. The summed E-state index contributed by atoms with van der Waals surface area (Å²) in [5.74, 6) is 0. The van der Waals surface area contributed by atoms with Crippen LogP contribution in [0.5, 0.6) is 0 Å². The lowest BCUT2D eigenvalue weighted by Gasteiger charge is -2.36. The Hall–Kier alpha value is -0.470. The van der Waals surface area contributed by atoms with Crippen molar-refractivity contribution in [3.8, 4) is 0 Å². The zero-order valence-electron chi connectivity index (χ0n) is 11.2. The molecule has 2 fully saturated rings. The predicted molar refractivity (Wildman–Crippen MR) is 76.4 cm³/mol. The minimum atomic E-state index is -3.42. The summed E-state index contributed by atoms with van der Waals surface area (Å²) >= 11 is 1.26. The van der Waals surface area contributed by atoms with Gasteiger partial charge in [0.1, 0.15) is 4.21 Å². The van der Waals surface area contributed by atoms with Crippen LogP contribution in [0.3, 0.4) is 0 Å². The van der Waals surface area contributed by atoms with Gasteiger partial charge in [0.25, 0.3) is 10.0 Å². The van der Waals surface area contributed by atoms with E-state index in [0.717, 1.165) is 24.1 Å². The van der Waals surface area contributed by atoms with Crippen LogP contribution in [0.15, 0.2) is 16.3 Å². The maximum atomic E-state index is 12.8. The molecule has 1 aliphatic heterocycles. The first-order valence-electron chi connectivity index (χ1n) is 6.96. The van der Waals surface area contributed by atoms with Crippen LogP contribution in [0.25, 0.3) is 0 Å². The molecule has 0 spiro atoms. The molecule has 20 heavy (non-hydrogen) atoms. The number of aliphatic hydroxyl groups is 1. The highest BCUT2D eigenvalue weighted by atomic mass is 32.2. The molecule has 1 saturated heterocycles. The van der Waals surface area contributed by atoms with Crippen LogP contribution in [-0.4, -0.2) is 49.7 Å². The third-order valence-electron chi connectivity index (χ3n) is 3.99. The normalized spacial score (nSPS) is 27.6. The van der Waals surface area contributed by atoms with Gasteiger partial charge in [-0.2, -0.15) is 4.31 Å². The van der Waals surface area contributed by atoms with Crippen molar-refractivity contribution < 1.29 is 18.3 Å². The number of hydrogen-bond acceptors (Lipinski definition) is 5. The van der Waals surface area contributed by atoms with Crippen molar-refractivity contribution in [3.63, 3.8) is 0 Å². The number of hydrogen-bond donors (Lipinski definition) is 1. The maximum Gasteiger partial charge on any atom is 0.252 e. The number of morpholine rings is 1. The molecule has 7 heteroatoms. The van der Waals surface area contributed by atoms with E-state index in [1.54, 1.807) is 16.4 Å². The summed E-state index contributed by atoms with van der Waals surface area (Å²) in [6, 6.07) is 3.45. The zero-order valence-corrected chi connectivity index (χ0v) is 12.8. The second kappa shape index (κ2) is 5.73. The molecule has 0 aromatic carbocycles. The summed E-state index contributed by atoms with van der Waals surface area (Å²) in [6.07, 6.45) is 3.45. The molecule has 2 atom stereocenters. The van der Waals surface area contributed by atoms with E-state index in [-0.39, 0.29) is 18.8 Å². The average Bonchev–Trinajstić information content (AvgIpc) is 3.06. The van der Waals surface area contributed by atoms with Gasteiger partial charge in [0.05, 0.1) is 18.8 Å². The van der Waals surface area contributed by atoms with Crippen molar-refractivity contribution in [3.05, 3.63) is 17.0 Å². The third-order valence-corrected chi connectivity index (χ3v) is 7.53. The highest BCUT2D eigenvalue weighted by Crippen LogP contribution is 2.35. The number of fused-ring (bicyclic) bond motifs is 1. The fourth-order valence-electron chi connectivity index (χ4n) is 3.05. The van der Waals surface area contributed by atoms with Crippen LogP contribution < -0.4 is 0 Å². The van der Waals surface area contributed by atoms with Crippen molar-refractivity contribution in [1.82, 2.24) is 4.31 Å². The van der Waals surface area contributed by atoms with Gasteiger partial charge in [-0.05, 0) is 31.4 Å². The second-order valence-electron chi connectivity index (χ2n) is 5.22. The van der Waals surface area contributed by atoms with Gasteiger partial charge in [-0.15, -0.1) is 11.3 Å². The lowest BCUT2D eigenvalue weighted by Crippen LogP contribution is -2.50. The molecule has 0 amide bonds. The van der Waals surface area contributed by atoms with Gasteiger partial charge in [-0.25, -0.2) is 8.42 Å². The first-order valence-corrected chi connectivity index (χ1v) is 9.21. The Labute approximate surface area is 123 Å². The van der Waals surface area contributed by atoms with Crippen LogP contribution in [0.2, 0.25) is 0 Å². The van der Waals surface area contributed by atoms with E-state index in [1.807, 2.05) is 0 Å². The minimum absolute atomic E-state index is 0.00265. The largest absolute Gasteiger partial charge is 0.396 e. The van der Waals surface area contributed by atoms with Crippen molar-refractivity contribution >= 4 is 21.4 Å². The molecule has 2 unspecified atom stereocenters. The van der Waals surface area contributed by atoms with Crippen LogP contribution in [-0.2, 0) is 21.2 Å². The van der Waals surface area contributed by atoms with Crippen molar-refractivity contribution in [2.24, 2.45) is 0 Å². The summed E-state index contributed by atoms with van der Waals surface area (Å²) < 4.78 is 33.2. The molecule has 112 valence electrons. The fraction of sp³-hybridized carbons (Fsp3) is 0.692. The molecule has 1 N–H and O–H groups in total. The fourth-order valence-corrected chi connectivity index (χ4v) is 6.18. The summed E-state index contributed by atoms with van der Waals surface area (Å²) in [5.41, 5.74) is 0. The molecule has 1 aromatic heterocycles. The summed E-state index contributed by atoms with van der Waals surface area (Å²) in [6.45, 7) is 0.967. The Bertz CT molecular complexity index is 569. The van der Waals surface area contributed by atoms with Gasteiger partial charge in [0, 0.05) is 24.4 Å².